The van der Waals surface area contributed by atoms with Gasteiger partial charge in [-0.1, -0.05) is 18.9 Å². The summed E-state index contributed by atoms with van der Waals surface area (Å²) in [5.74, 6) is 1.79. The van der Waals surface area contributed by atoms with Crippen LogP contribution in [-0.4, -0.2) is 17.9 Å². The third kappa shape index (κ3) is 4.19. The van der Waals surface area contributed by atoms with Gasteiger partial charge in [-0.2, -0.15) is 0 Å². The van der Waals surface area contributed by atoms with Gasteiger partial charge in [0.15, 0.2) is 0 Å². The molecule has 1 nitrogen and oxygen atoms in total. The number of nitrogens with zero attached hydrogens (tertiary/aromatic N) is 1. The molecule has 0 amide bonds. The fourth-order valence-electron chi connectivity index (χ4n) is 2.26. The van der Waals surface area contributed by atoms with Gasteiger partial charge in [-0.05, 0) is 51.0 Å². The summed E-state index contributed by atoms with van der Waals surface area (Å²) >= 11 is 4.29. The molecule has 0 bridgehead atoms. The summed E-state index contributed by atoms with van der Waals surface area (Å²) < 4.78 is 2.01. The molecule has 0 radical (unpaired) electrons. The van der Waals surface area contributed by atoms with Crippen molar-refractivity contribution in [2.24, 2.45) is 11.8 Å². The summed E-state index contributed by atoms with van der Waals surface area (Å²) in [5, 5.41) is 0. The van der Waals surface area contributed by atoms with E-state index in [1.54, 1.807) is 0 Å². The lowest BCUT2D eigenvalue weighted by Crippen LogP contribution is -2.23. The van der Waals surface area contributed by atoms with Crippen LogP contribution in [0.25, 0.3) is 0 Å². The molecule has 1 fully saturated rings. The summed E-state index contributed by atoms with van der Waals surface area (Å²) in [7, 11) is 2.04. The topological polar surface area (TPSA) is 3.24 Å². The molecule has 2 heteroatoms. The van der Waals surface area contributed by atoms with Crippen LogP contribution in [0.4, 0.5) is 0 Å². The van der Waals surface area contributed by atoms with Crippen molar-refractivity contribution in [2.75, 3.05) is 13.6 Å². The first-order chi connectivity index (χ1) is 6.22. The van der Waals surface area contributed by atoms with Gasteiger partial charge in [-0.15, -0.1) is 6.58 Å². The van der Waals surface area contributed by atoms with E-state index in [0.717, 1.165) is 18.4 Å². The third-order valence-corrected chi connectivity index (χ3v) is 3.15. The molecule has 0 N–H and O–H groups in total. The molecule has 0 aromatic carbocycles. The Labute approximate surface area is 87.7 Å². The first-order valence-corrected chi connectivity index (χ1v) is 5.63. The molecule has 1 saturated carbocycles. The molecule has 0 atom stereocenters. The summed E-state index contributed by atoms with van der Waals surface area (Å²) in [5.41, 5.74) is 0. The van der Waals surface area contributed by atoms with Gasteiger partial charge in [-0.3, -0.25) is 4.31 Å². The van der Waals surface area contributed by atoms with E-state index < -0.39 is 0 Å². The van der Waals surface area contributed by atoms with Crippen molar-refractivity contribution in [1.29, 1.82) is 0 Å². The largest absolute Gasteiger partial charge is 0.256 e. The molecule has 1 aliphatic rings. The number of rotatable bonds is 4. The molecule has 1 rings (SSSR count). The van der Waals surface area contributed by atoms with Gasteiger partial charge < -0.3 is 0 Å². The van der Waals surface area contributed by atoms with Crippen LogP contribution >= 0.6 is 12.8 Å². The number of allylic oxidation sites excluding steroid dienone is 1. The van der Waals surface area contributed by atoms with Crippen LogP contribution in [-0.2, 0) is 0 Å². The lowest BCUT2D eigenvalue weighted by atomic mass is 9.80. The van der Waals surface area contributed by atoms with Gasteiger partial charge in [0, 0.05) is 6.54 Å². The molecule has 13 heavy (non-hydrogen) atoms. The Morgan fingerprint density at radius 3 is 2.31 bits per heavy atom. The zero-order chi connectivity index (χ0) is 9.68. The monoisotopic (exact) mass is 199 g/mol. The van der Waals surface area contributed by atoms with Gasteiger partial charge in [-0.25, -0.2) is 0 Å². The van der Waals surface area contributed by atoms with Crippen molar-refractivity contribution in [3.05, 3.63) is 12.7 Å². The molecule has 0 aromatic heterocycles. The smallest absolute Gasteiger partial charge is 0.0112 e. The van der Waals surface area contributed by atoms with Crippen molar-refractivity contribution in [3.63, 3.8) is 0 Å². The SMILES string of the molecule is C=CCC1CCC(CN(C)S)CC1. The second-order valence-electron chi connectivity index (χ2n) is 4.25. The summed E-state index contributed by atoms with van der Waals surface area (Å²) in [6.07, 6.45) is 8.81. The maximum Gasteiger partial charge on any atom is 0.0112 e. The summed E-state index contributed by atoms with van der Waals surface area (Å²) in [6, 6.07) is 0. The Balaban J connectivity index is 2.18. The summed E-state index contributed by atoms with van der Waals surface area (Å²) in [4.78, 5) is 0. The summed E-state index contributed by atoms with van der Waals surface area (Å²) in [6.45, 7) is 4.94. The van der Waals surface area contributed by atoms with E-state index in [0.29, 0.717) is 0 Å². The maximum absolute atomic E-state index is 4.29. The minimum Gasteiger partial charge on any atom is -0.256 e. The van der Waals surface area contributed by atoms with E-state index in [1.807, 2.05) is 11.4 Å². The van der Waals surface area contributed by atoms with Crippen molar-refractivity contribution in [3.8, 4) is 0 Å². The predicted molar refractivity (Wildman–Crippen MR) is 61.9 cm³/mol. The minimum atomic E-state index is 0.878. The first kappa shape index (κ1) is 11.1. The second-order valence-corrected chi connectivity index (χ2v) is 4.93. The van der Waals surface area contributed by atoms with Crippen LogP contribution < -0.4 is 0 Å². The van der Waals surface area contributed by atoms with Gasteiger partial charge in [0.1, 0.15) is 0 Å². The molecule has 0 spiro atoms. The van der Waals surface area contributed by atoms with Gasteiger partial charge in [0.2, 0.25) is 0 Å². The van der Waals surface area contributed by atoms with Gasteiger partial charge >= 0.3 is 0 Å². The van der Waals surface area contributed by atoms with Crippen molar-refractivity contribution < 1.29 is 0 Å². The van der Waals surface area contributed by atoms with E-state index in [1.165, 1.54) is 32.1 Å². The molecular weight excluding hydrogens is 178 g/mol. The Kier molecular flexibility index (Phi) is 4.89. The normalized spacial score (nSPS) is 29.2. The van der Waals surface area contributed by atoms with Crippen LogP contribution in [0.1, 0.15) is 32.1 Å². The predicted octanol–water partition coefficient (Wildman–Crippen LogP) is 3.15. The van der Waals surface area contributed by atoms with E-state index in [2.05, 4.69) is 25.5 Å². The number of hydrogen-bond acceptors (Lipinski definition) is 2. The Morgan fingerprint density at radius 1 is 1.31 bits per heavy atom. The first-order valence-electron chi connectivity index (χ1n) is 5.23. The minimum absolute atomic E-state index is 0.878. The lowest BCUT2D eigenvalue weighted by molar-refractivity contribution is 0.252. The molecule has 0 saturated heterocycles. The third-order valence-electron chi connectivity index (χ3n) is 2.99. The highest BCUT2D eigenvalue weighted by Crippen LogP contribution is 2.31. The van der Waals surface area contributed by atoms with Crippen LogP contribution in [0.5, 0.6) is 0 Å². The quantitative estimate of drug-likeness (QED) is 0.538. The van der Waals surface area contributed by atoms with E-state index in [4.69, 9.17) is 0 Å². The highest BCUT2D eigenvalue weighted by molar-refractivity contribution is 7.77. The zero-order valence-corrected chi connectivity index (χ0v) is 9.47. The molecule has 0 aliphatic heterocycles. The highest BCUT2D eigenvalue weighted by atomic mass is 32.1. The van der Waals surface area contributed by atoms with Crippen molar-refractivity contribution >= 4 is 12.8 Å². The van der Waals surface area contributed by atoms with Gasteiger partial charge in [0.25, 0.3) is 0 Å². The van der Waals surface area contributed by atoms with Crippen LogP contribution in [0.2, 0.25) is 0 Å². The number of hydrogen-bond donors (Lipinski definition) is 1. The average Bonchev–Trinajstić information content (AvgIpc) is 2.08. The molecule has 1 aliphatic carbocycles. The molecule has 0 heterocycles. The second kappa shape index (κ2) is 5.71. The Morgan fingerprint density at radius 2 is 1.85 bits per heavy atom. The van der Waals surface area contributed by atoms with Crippen molar-refractivity contribution in [2.45, 2.75) is 32.1 Å². The van der Waals surface area contributed by atoms with Crippen molar-refractivity contribution in [1.82, 2.24) is 4.31 Å². The molecule has 0 aromatic rings. The van der Waals surface area contributed by atoms with Crippen LogP contribution in [0.15, 0.2) is 12.7 Å². The zero-order valence-electron chi connectivity index (χ0n) is 8.58. The molecule has 76 valence electrons. The van der Waals surface area contributed by atoms with Crippen LogP contribution in [0, 0.1) is 11.8 Å². The van der Waals surface area contributed by atoms with E-state index in [-0.39, 0.29) is 0 Å². The lowest BCUT2D eigenvalue weighted by Gasteiger charge is -2.29. The average molecular weight is 199 g/mol. The van der Waals surface area contributed by atoms with Crippen LogP contribution in [0.3, 0.4) is 0 Å². The van der Waals surface area contributed by atoms with E-state index in [9.17, 15) is 0 Å². The number of thiol groups is 1. The molecular formula is C11H21NS. The fourth-order valence-corrected chi connectivity index (χ4v) is 2.49. The Bertz CT molecular complexity index is 148. The van der Waals surface area contributed by atoms with Gasteiger partial charge in [0.05, 0.1) is 0 Å². The maximum atomic E-state index is 4.29. The van der Waals surface area contributed by atoms with E-state index >= 15 is 0 Å². The highest BCUT2D eigenvalue weighted by Gasteiger charge is 2.20. The fraction of sp³-hybridized carbons (Fsp3) is 0.818. The molecule has 0 unspecified atom stereocenters. The Hall–Kier alpha value is 0.0500. The standard InChI is InChI=1S/C11H21NS/c1-3-4-10-5-7-11(8-6-10)9-12(2)13/h3,10-11,13H,1,4-9H2,2H3.